The van der Waals surface area contributed by atoms with Gasteiger partial charge in [0.15, 0.2) is 5.60 Å². The van der Waals surface area contributed by atoms with Crippen LogP contribution in [0.1, 0.15) is 66.1 Å². The number of hydrogen-bond donors (Lipinski definition) is 5. The van der Waals surface area contributed by atoms with Crippen LogP contribution in [0.4, 0.5) is 13.2 Å². The molecule has 228 valence electrons. The smallest absolute Gasteiger partial charge is 0.417 e. The normalized spacial score (nSPS) is 21.0. The molecule has 2 bridgehead atoms. The number of carboxylic acids is 3. The fourth-order valence-electron chi connectivity index (χ4n) is 5.84. The summed E-state index contributed by atoms with van der Waals surface area (Å²) in [6, 6.07) is 14.2. The highest BCUT2D eigenvalue weighted by molar-refractivity contribution is 5.96. The third-order valence-corrected chi connectivity index (χ3v) is 7.97. The average molecular weight is 595 g/mol. The summed E-state index contributed by atoms with van der Waals surface area (Å²) in [4.78, 5) is 45.9. The van der Waals surface area contributed by atoms with Crippen LogP contribution in [-0.2, 0) is 20.6 Å². The van der Waals surface area contributed by atoms with Crippen molar-refractivity contribution < 1.29 is 52.8 Å². The van der Waals surface area contributed by atoms with Crippen molar-refractivity contribution >= 4 is 23.8 Å². The van der Waals surface area contributed by atoms with E-state index < -0.39 is 54.0 Å². The Balaban J connectivity index is 0.000000316. The minimum absolute atomic E-state index is 0.279. The summed E-state index contributed by atoms with van der Waals surface area (Å²) in [6.07, 6.45) is -2.84. The summed E-state index contributed by atoms with van der Waals surface area (Å²) < 4.78 is 40.3. The summed E-state index contributed by atoms with van der Waals surface area (Å²) in [5, 5.41) is 36.8. The van der Waals surface area contributed by atoms with E-state index in [-0.39, 0.29) is 17.1 Å². The molecule has 13 heteroatoms. The number of likely N-dealkylation sites (N-methyl/N-ethyl adjacent to an activating group) is 1. The van der Waals surface area contributed by atoms with Crippen molar-refractivity contribution in [1.29, 1.82) is 0 Å². The number of carboxylic acid groups (broad SMARTS) is 3. The number of rotatable bonds is 9. The summed E-state index contributed by atoms with van der Waals surface area (Å²) >= 11 is 0. The first-order valence-corrected chi connectivity index (χ1v) is 13.2. The Bertz CT molecular complexity index is 1280. The van der Waals surface area contributed by atoms with Crippen molar-refractivity contribution in [3.05, 3.63) is 71.3 Å². The van der Waals surface area contributed by atoms with Gasteiger partial charge in [-0.2, -0.15) is 13.2 Å². The van der Waals surface area contributed by atoms with Gasteiger partial charge in [-0.25, -0.2) is 4.79 Å². The number of amides is 1. The van der Waals surface area contributed by atoms with Crippen molar-refractivity contribution in [2.75, 3.05) is 13.6 Å². The Hall–Kier alpha value is -3.97. The minimum atomic E-state index is -4.58. The first-order chi connectivity index (χ1) is 19.6. The van der Waals surface area contributed by atoms with Crippen molar-refractivity contribution in [3.8, 4) is 0 Å². The predicted molar refractivity (Wildman–Crippen MR) is 143 cm³/mol. The molecule has 1 saturated carbocycles. The molecule has 1 amide bonds. The van der Waals surface area contributed by atoms with Gasteiger partial charge >= 0.3 is 24.1 Å². The van der Waals surface area contributed by atoms with Gasteiger partial charge in [0, 0.05) is 12.1 Å². The van der Waals surface area contributed by atoms with Gasteiger partial charge in [0.2, 0.25) is 0 Å². The first kappa shape index (κ1) is 32.5. The number of fused-ring (bicyclic) bond motifs is 3. The molecule has 0 spiro atoms. The molecule has 42 heavy (non-hydrogen) atoms. The highest BCUT2D eigenvalue weighted by atomic mass is 19.4. The van der Waals surface area contributed by atoms with Crippen LogP contribution in [-0.4, -0.2) is 73.9 Å². The number of halogens is 3. The Kier molecular flexibility index (Phi) is 10.0. The van der Waals surface area contributed by atoms with Crippen LogP contribution < -0.4 is 5.32 Å². The summed E-state index contributed by atoms with van der Waals surface area (Å²) in [5.74, 6) is -5.03. The number of alkyl halides is 3. The zero-order chi connectivity index (χ0) is 31.3. The maximum atomic E-state index is 13.4. The van der Waals surface area contributed by atoms with Crippen LogP contribution in [0.5, 0.6) is 0 Å². The van der Waals surface area contributed by atoms with Crippen molar-refractivity contribution in [2.24, 2.45) is 5.92 Å². The molecule has 2 heterocycles. The lowest BCUT2D eigenvalue weighted by molar-refractivity contribution is -0.170. The van der Waals surface area contributed by atoms with E-state index in [1.165, 1.54) is 18.2 Å². The molecule has 0 unspecified atom stereocenters. The lowest BCUT2D eigenvalue weighted by Crippen LogP contribution is -2.62. The second kappa shape index (κ2) is 12.9. The molecule has 5 N–H and O–H groups in total. The Morgan fingerprint density at radius 3 is 1.93 bits per heavy atom. The number of piperidine rings is 2. The van der Waals surface area contributed by atoms with Crippen molar-refractivity contribution in [1.82, 2.24) is 10.2 Å². The second-order valence-electron chi connectivity index (χ2n) is 10.8. The van der Waals surface area contributed by atoms with E-state index in [0.29, 0.717) is 5.92 Å². The van der Waals surface area contributed by atoms with E-state index in [2.05, 4.69) is 17.3 Å². The number of benzene rings is 2. The molecular weight excluding hydrogens is 561 g/mol. The number of aliphatic hydroxyl groups is 1. The second-order valence-corrected chi connectivity index (χ2v) is 10.8. The van der Waals surface area contributed by atoms with E-state index in [0.717, 1.165) is 43.9 Å². The van der Waals surface area contributed by atoms with Crippen LogP contribution in [0.3, 0.4) is 0 Å². The lowest BCUT2D eigenvalue weighted by Gasteiger charge is -2.57. The fourth-order valence-corrected chi connectivity index (χ4v) is 5.84. The molecule has 10 nitrogen and oxygen atoms in total. The maximum Gasteiger partial charge on any atom is 0.417 e. The van der Waals surface area contributed by atoms with Crippen LogP contribution >= 0.6 is 0 Å². The Labute approximate surface area is 239 Å². The topological polar surface area (TPSA) is 164 Å². The SMILES string of the molecule is CN1CC2CCC1([C@H](NC(=O)c1ccccc1C(F)(F)F)c1ccccc1)CC2.O=C(O)CC(O)(CC(=O)O)C(=O)O. The monoisotopic (exact) mass is 594 g/mol. The van der Waals surface area contributed by atoms with E-state index in [1.807, 2.05) is 30.3 Å². The number of nitrogens with one attached hydrogen (secondary N) is 1. The van der Waals surface area contributed by atoms with Gasteiger partial charge in [-0.3, -0.25) is 19.3 Å². The molecule has 2 aromatic rings. The third kappa shape index (κ3) is 7.45. The highest BCUT2D eigenvalue weighted by Crippen LogP contribution is 2.49. The van der Waals surface area contributed by atoms with Gasteiger partial charge in [0.1, 0.15) is 0 Å². The Morgan fingerprint density at radius 2 is 1.45 bits per heavy atom. The van der Waals surface area contributed by atoms with Crippen molar-refractivity contribution in [2.45, 2.75) is 61.9 Å². The number of carbonyl (C=O) groups is 4. The zero-order valence-corrected chi connectivity index (χ0v) is 22.8. The highest BCUT2D eigenvalue weighted by Gasteiger charge is 2.50. The van der Waals surface area contributed by atoms with Crippen LogP contribution in [0, 0.1) is 5.92 Å². The zero-order valence-electron chi connectivity index (χ0n) is 22.8. The van der Waals surface area contributed by atoms with Crippen LogP contribution in [0.2, 0.25) is 0 Å². The molecular formula is C29H33F3N2O8. The fraction of sp³-hybridized carbons (Fsp3) is 0.448. The van der Waals surface area contributed by atoms with E-state index in [1.54, 1.807) is 0 Å². The molecule has 5 rings (SSSR count). The minimum Gasteiger partial charge on any atom is -0.481 e. The van der Waals surface area contributed by atoms with Gasteiger partial charge in [-0.1, -0.05) is 42.5 Å². The summed E-state index contributed by atoms with van der Waals surface area (Å²) in [6.45, 7) is 0.957. The number of hydrogen-bond acceptors (Lipinski definition) is 6. The van der Waals surface area contributed by atoms with Gasteiger partial charge in [0.25, 0.3) is 5.91 Å². The van der Waals surface area contributed by atoms with Gasteiger partial charge < -0.3 is 25.7 Å². The van der Waals surface area contributed by atoms with E-state index >= 15 is 0 Å². The molecule has 0 aromatic heterocycles. The Morgan fingerprint density at radius 1 is 0.929 bits per heavy atom. The summed E-state index contributed by atoms with van der Waals surface area (Å²) in [5.41, 5.74) is -3.32. The largest absolute Gasteiger partial charge is 0.481 e. The maximum absolute atomic E-state index is 13.4. The van der Waals surface area contributed by atoms with Gasteiger partial charge in [0.05, 0.1) is 30.0 Å². The standard InChI is InChI=1S/C23H25F3N2O.C6H8O7/c1-28-15-16-11-13-22(28,14-12-16)20(17-7-3-2-4-8-17)27-21(29)18-9-5-6-10-19(18)23(24,25)26;7-3(8)1-6(13,5(11)12)2-4(9)10/h2-10,16,20H,11-15H2,1H3,(H,27,29);13H,1-2H2,(H,7,8)(H,9,10)(H,11,12)/t16?,20-,22?;/m1./s1. The predicted octanol–water partition coefficient (Wildman–Crippen LogP) is 3.80. The molecule has 3 aliphatic rings. The molecule has 2 aromatic carbocycles. The van der Waals surface area contributed by atoms with E-state index in [4.69, 9.17) is 20.4 Å². The molecule has 2 saturated heterocycles. The molecule has 0 radical (unpaired) electrons. The van der Waals surface area contributed by atoms with Crippen LogP contribution in [0.15, 0.2) is 54.6 Å². The first-order valence-electron chi connectivity index (χ1n) is 13.2. The quantitative estimate of drug-likeness (QED) is 0.290. The number of aliphatic carboxylic acids is 3. The van der Waals surface area contributed by atoms with Gasteiger partial charge in [-0.15, -0.1) is 0 Å². The molecule has 1 aliphatic carbocycles. The average Bonchev–Trinajstić information content (AvgIpc) is 2.91. The van der Waals surface area contributed by atoms with E-state index in [9.17, 15) is 32.3 Å². The third-order valence-electron chi connectivity index (χ3n) is 7.97. The molecule has 2 aliphatic heterocycles. The molecule has 3 fully saturated rings. The number of carbonyl (C=O) groups excluding carboxylic acids is 1. The molecule has 1 atom stereocenters. The van der Waals surface area contributed by atoms with Crippen LogP contribution in [0.25, 0.3) is 0 Å². The lowest BCUT2D eigenvalue weighted by atomic mass is 9.65. The number of nitrogens with zero attached hydrogens (tertiary/aromatic N) is 1. The van der Waals surface area contributed by atoms with Gasteiger partial charge in [-0.05, 0) is 56.3 Å². The van der Waals surface area contributed by atoms with Crippen molar-refractivity contribution in [3.63, 3.8) is 0 Å². The summed E-state index contributed by atoms with van der Waals surface area (Å²) in [7, 11) is 2.07.